The zero-order valence-electron chi connectivity index (χ0n) is 11.9. The largest absolute Gasteiger partial charge is 0.485 e. The topological polar surface area (TPSA) is 47.3 Å². The van der Waals surface area contributed by atoms with Crippen LogP contribution in [0.3, 0.4) is 0 Å². The molecule has 4 nitrogen and oxygen atoms in total. The van der Waals surface area contributed by atoms with Crippen molar-refractivity contribution in [1.82, 2.24) is 10.5 Å². The molecule has 0 saturated heterocycles. The third-order valence-corrected chi connectivity index (χ3v) is 2.93. The zero-order chi connectivity index (χ0) is 14.6. The lowest BCUT2D eigenvalue weighted by molar-refractivity contribution is 0.246. The van der Waals surface area contributed by atoms with Crippen LogP contribution in [0.1, 0.15) is 32.1 Å². The molecule has 2 rings (SSSR count). The summed E-state index contributed by atoms with van der Waals surface area (Å²) in [5, 5.41) is 7.77. The van der Waals surface area contributed by atoms with E-state index in [0.29, 0.717) is 23.9 Å². The number of ether oxygens (including phenoxy) is 1. The van der Waals surface area contributed by atoms with E-state index in [0.717, 1.165) is 11.3 Å². The SMILES string of the molecule is CC(C)(C)NCc1cc(Cl)ccc1OCc1ccno1. The Morgan fingerprint density at radius 2 is 2.10 bits per heavy atom. The molecule has 1 aromatic carbocycles. The van der Waals surface area contributed by atoms with Crippen molar-refractivity contribution in [3.05, 3.63) is 46.8 Å². The highest BCUT2D eigenvalue weighted by Gasteiger charge is 2.12. The number of hydrogen-bond acceptors (Lipinski definition) is 4. The van der Waals surface area contributed by atoms with Crippen LogP contribution in [0.15, 0.2) is 35.0 Å². The van der Waals surface area contributed by atoms with Crippen LogP contribution in [0.25, 0.3) is 0 Å². The van der Waals surface area contributed by atoms with E-state index in [9.17, 15) is 0 Å². The maximum Gasteiger partial charge on any atom is 0.174 e. The summed E-state index contributed by atoms with van der Waals surface area (Å²) in [4.78, 5) is 0. The van der Waals surface area contributed by atoms with Crippen molar-refractivity contribution in [2.75, 3.05) is 0 Å². The summed E-state index contributed by atoms with van der Waals surface area (Å²) in [5.74, 6) is 1.48. The second-order valence-electron chi connectivity index (χ2n) is 5.62. The summed E-state index contributed by atoms with van der Waals surface area (Å²) in [6, 6.07) is 7.38. The van der Waals surface area contributed by atoms with Crippen LogP contribution in [0.5, 0.6) is 5.75 Å². The number of halogens is 1. The van der Waals surface area contributed by atoms with Gasteiger partial charge in [0.25, 0.3) is 0 Å². The normalized spacial score (nSPS) is 11.6. The van der Waals surface area contributed by atoms with Crippen LogP contribution >= 0.6 is 11.6 Å². The molecule has 0 radical (unpaired) electrons. The van der Waals surface area contributed by atoms with Crippen LogP contribution in [-0.2, 0) is 13.2 Å². The molecule has 0 aliphatic heterocycles. The first-order chi connectivity index (χ1) is 9.44. The van der Waals surface area contributed by atoms with Crippen LogP contribution in [0.4, 0.5) is 0 Å². The molecule has 0 unspecified atom stereocenters. The van der Waals surface area contributed by atoms with Crippen molar-refractivity contribution >= 4 is 11.6 Å². The number of nitrogens with zero attached hydrogens (tertiary/aromatic N) is 1. The van der Waals surface area contributed by atoms with E-state index < -0.39 is 0 Å². The molecular weight excluding hydrogens is 276 g/mol. The Bertz CT molecular complexity index is 547. The molecule has 1 N–H and O–H groups in total. The van der Waals surface area contributed by atoms with E-state index >= 15 is 0 Å². The van der Waals surface area contributed by atoms with Gasteiger partial charge < -0.3 is 14.6 Å². The first-order valence-electron chi connectivity index (χ1n) is 6.50. The Morgan fingerprint density at radius 3 is 2.75 bits per heavy atom. The van der Waals surface area contributed by atoms with Crippen molar-refractivity contribution in [2.24, 2.45) is 0 Å². The molecule has 1 heterocycles. The summed E-state index contributed by atoms with van der Waals surface area (Å²) in [6.07, 6.45) is 1.60. The first-order valence-corrected chi connectivity index (χ1v) is 6.88. The second-order valence-corrected chi connectivity index (χ2v) is 6.06. The number of benzene rings is 1. The Balaban J connectivity index is 2.07. The van der Waals surface area contributed by atoms with Gasteiger partial charge in [-0.1, -0.05) is 16.8 Å². The Kier molecular flexibility index (Phi) is 4.68. The maximum atomic E-state index is 6.05. The fourth-order valence-electron chi connectivity index (χ4n) is 1.65. The number of aromatic nitrogens is 1. The monoisotopic (exact) mass is 294 g/mol. The van der Waals surface area contributed by atoms with E-state index in [1.54, 1.807) is 12.3 Å². The van der Waals surface area contributed by atoms with Crippen molar-refractivity contribution < 1.29 is 9.26 Å². The predicted octanol–water partition coefficient (Wildman–Crippen LogP) is 3.80. The summed E-state index contributed by atoms with van der Waals surface area (Å²) in [7, 11) is 0. The van der Waals surface area contributed by atoms with E-state index in [1.165, 1.54) is 0 Å². The lowest BCUT2D eigenvalue weighted by Gasteiger charge is -2.21. The molecule has 0 spiro atoms. The molecule has 20 heavy (non-hydrogen) atoms. The maximum absolute atomic E-state index is 6.05. The number of hydrogen-bond donors (Lipinski definition) is 1. The third kappa shape index (κ3) is 4.54. The van der Waals surface area contributed by atoms with Gasteiger partial charge in [0.15, 0.2) is 5.76 Å². The molecule has 0 saturated carbocycles. The number of nitrogens with one attached hydrogen (secondary N) is 1. The Hall–Kier alpha value is -1.52. The van der Waals surface area contributed by atoms with Crippen molar-refractivity contribution in [3.63, 3.8) is 0 Å². The van der Waals surface area contributed by atoms with E-state index in [1.807, 2.05) is 18.2 Å². The van der Waals surface area contributed by atoms with Crippen molar-refractivity contribution in [1.29, 1.82) is 0 Å². The summed E-state index contributed by atoms with van der Waals surface area (Å²) >= 11 is 6.05. The van der Waals surface area contributed by atoms with Crippen LogP contribution in [0.2, 0.25) is 5.02 Å². The van der Waals surface area contributed by atoms with Crippen LogP contribution in [-0.4, -0.2) is 10.7 Å². The van der Waals surface area contributed by atoms with Gasteiger partial charge in [-0.25, -0.2) is 0 Å². The van der Waals surface area contributed by atoms with E-state index in [2.05, 4.69) is 31.2 Å². The van der Waals surface area contributed by atoms with Gasteiger partial charge >= 0.3 is 0 Å². The highest BCUT2D eigenvalue weighted by molar-refractivity contribution is 6.30. The van der Waals surface area contributed by atoms with Gasteiger partial charge in [-0.2, -0.15) is 0 Å². The highest BCUT2D eigenvalue weighted by atomic mass is 35.5. The fourth-order valence-corrected chi connectivity index (χ4v) is 1.85. The molecule has 0 amide bonds. The first kappa shape index (κ1) is 14.9. The molecule has 0 atom stereocenters. The van der Waals surface area contributed by atoms with Gasteiger partial charge in [-0.3, -0.25) is 0 Å². The molecule has 0 aliphatic carbocycles. The minimum absolute atomic E-state index is 0.0323. The third-order valence-electron chi connectivity index (χ3n) is 2.69. The number of rotatable bonds is 5. The molecule has 2 aromatic rings. The molecule has 108 valence electrons. The van der Waals surface area contributed by atoms with E-state index in [4.69, 9.17) is 20.9 Å². The smallest absolute Gasteiger partial charge is 0.174 e. The van der Waals surface area contributed by atoms with Gasteiger partial charge in [0.05, 0.1) is 6.20 Å². The van der Waals surface area contributed by atoms with Crippen LogP contribution < -0.4 is 10.1 Å². The predicted molar refractivity (Wildman–Crippen MR) is 78.9 cm³/mol. The minimum Gasteiger partial charge on any atom is -0.485 e. The molecular formula is C15H19ClN2O2. The summed E-state index contributed by atoms with van der Waals surface area (Å²) in [6.45, 7) is 7.39. The standard InChI is InChI=1S/C15H19ClN2O2/c1-15(2,3)17-9-11-8-12(16)4-5-14(11)19-10-13-6-7-18-20-13/h4-8,17H,9-10H2,1-3H3. The minimum atomic E-state index is 0.0323. The quantitative estimate of drug-likeness (QED) is 0.911. The lowest BCUT2D eigenvalue weighted by Crippen LogP contribution is -2.35. The molecule has 0 fully saturated rings. The van der Waals surface area contributed by atoms with Gasteiger partial charge in [0, 0.05) is 28.7 Å². The Morgan fingerprint density at radius 1 is 1.30 bits per heavy atom. The molecule has 0 aliphatic rings. The van der Waals surface area contributed by atoms with Gasteiger partial charge in [0.1, 0.15) is 12.4 Å². The summed E-state index contributed by atoms with van der Waals surface area (Å²) < 4.78 is 10.8. The van der Waals surface area contributed by atoms with Crippen molar-refractivity contribution in [2.45, 2.75) is 39.5 Å². The average Bonchev–Trinajstić information content (AvgIpc) is 2.87. The highest BCUT2D eigenvalue weighted by Crippen LogP contribution is 2.24. The van der Waals surface area contributed by atoms with Gasteiger partial charge in [0.2, 0.25) is 0 Å². The molecule has 1 aromatic heterocycles. The average molecular weight is 295 g/mol. The fraction of sp³-hybridized carbons (Fsp3) is 0.400. The molecule has 0 bridgehead atoms. The lowest BCUT2D eigenvalue weighted by atomic mass is 10.1. The zero-order valence-corrected chi connectivity index (χ0v) is 12.7. The van der Waals surface area contributed by atoms with Crippen LogP contribution in [0, 0.1) is 0 Å². The molecule has 5 heteroatoms. The Labute approximate surface area is 124 Å². The summed E-state index contributed by atoms with van der Waals surface area (Å²) in [5.41, 5.74) is 1.05. The second kappa shape index (κ2) is 6.29. The van der Waals surface area contributed by atoms with Gasteiger partial charge in [-0.05, 0) is 39.0 Å². The van der Waals surface area contributed by atoms with Gasteiger partial charge in [-0.15, -0.1) is 0 Å². The van der Waals surface area contributed by atoms with E-state index in [-0.39, 0.29) is 5.54 Å². The van der Waals surface area contributed by atoms with Crippen molar-refractivity contribution in [3.8, 4) is 5.75 Å².